The van der Waals surface area contributed by atoms with Gasteiger partial charge in [0.1, 0.15) is 5.69 Å². The predicted molar refractivity (Wildman–Crippen MR) is 70.8 cm³/mol. The third-order valence-corrected chi connectivity index (χ3v) is 2.10. The second-order valence-electron chi connectivity index (χ2n) is 4.29. The molecule has 2 N–H and O–H groups in total. The summed E-state index contributed by atoms with van der Waals surface area (Å²) >= 11 is 0. The van der Waals surface area contributed by atoms with Crippen molar-refractivity contribution in [1.29, 1.82) is 0 Å². The molecule has 7 heteroatoms. The Labute approximate surface area is 116 Å². The highest BCUT2D eigenvalue weighted by Gasteiger charge is 2.11. The first-order valence-corrected chi connectivity index (χ1v) is 6.13. The van der Waals surface area contributed by atoms with Crippen LogP contribution < -0.4 is 10.6 Å². The third-order valence-electron chi connectivity index (χ3n) is 2.10. The number of hydrogen-bond acceptors (Lipinski definition) is 5. The molecule has 0 aromatic carbocycles. The van der Waals surface area contributed by atoms with Crippen LogP contribution in [0.25, 0.3) is 0 Å². The average molecular weight is 279 g/mol. The first kappa shape index (κ1) is 15.6. The van der Waals surface area contributed by atoms with E-state index in [1.165, 1.54) is 12.3 Å². The lowest BCUT2D eigenvalue weighted by Gasteiger charge is -2.09. The molecule has 1 heterocycles. The van der Waals surface area contributed by atoms with E-state index in [9.17, 15) is 14.4 Å². The number of hydrogen-bond donors (Lipinski definition) is 2. The molecule has 0 aliphatic rings. The van der Waals surface area contributed by atoms with E-state index in [1.54, 1.807) is 12.1 Å². The maximum atomic E-state index is 11.5. The maximum Gasteiger partial charge on any atom is 0.357 e. The summed E-state index contributed by atoms with van der Waals surface area (Å²) in [5.41, 5.74) is 0.123. The summed E-state index contributed by atoms with van der Waals surface area (Å²) in [4.78, 5) is 37.9. The van der Waals surface area contributed by atoms with Crippen molar-refractivity contribution in [2.45, 2.75) is 19.9 Å². The van der Waals surface area contributed by atoms with Crippen LogP contribution in [0.4, 0.5) is 0 Å². The molecule has 0 spiro atoms. The van der Waals surface area contributed by atoms with Crippen molar-refractivity contribution in [1.82, 2.24) is 15.6 Å². The molecule has 108 valence electrons. The highest BCUT2D eigenvalue weighted by molar-refractivity contribution is 5.90. The van der Waals surface area contributed by atoms with E-state index in [0.29, 0.717) is 0 Å². The van der Waals surface area contributed by atoms with Crippen LogP contribution in [0.1, 0.15) is 24.3 Å². The largest absolute Gasteiger partial charge is 0.451 e. The zero-order valence-corrected chi connectivity index (χ0v) is 11.4. The van der Waals surface area contributed by atoms with E-state index in [4.69, 9.17) is 4.74 Å². The van der Waals surface area contributed by atoms with Gasteiger partial charge in [-0.2, -0.15) is 0 Å². The first-order chi connectivity index (χ1) is 9.49. The van der Waals surface area contributed by atoms with Gasteiger partial charge in [0.25, 0.3) is 5.91 Å². The molecule has 20 heavy (non-hydrogen) atoms. The van der Waals surface area contributed by atoms with Crippen molar-refractivity contribution in [3.8, 4) is 0 Å². The molecule has 0 atom stereocenters. The van der Waals surface area contributed by atoms with Gasteiger partial charge in [0.2, 0.25) is 5.91 Å². The zero-order chi connectivity index (χ0) is 15.0. The van der Waals surface area contributed by atoms with Gasteiger partial charge in [0.05, 0.1) is 6.54 Å². The summed E-state index contributed by atoms with van der Waals surface area (Å²) < 4.78 is 4.76. The molecule has 0 unspecified atom stereocenters. The Kier molecular flexibility index (Phi) is 6.15. The van der Waals surface area contributed by atoms with E-state index in [1.807, 2.05) is 13.8 Å². The lowest BCUT2D eigenvalue weighted by atomic mass is 10.3. The summed E-state index contributed by atoms with van der Waals surface area (Å²) in [6.07, 6.45) is 1.45. The first-order valence-electron chi connectivity index (χ1n) is 6.13. The molecular formula is C13H17N3O4. The minimum Gasteiger partial charge on any atom is -0.451 e. The van der Waals surface area contributed by atoms with Crippen molar-refractivity contribution >= 4 is 17.8 Å². The number of pyridine rings is 1. The Bertz CT molecular complexity index is 474. The standard InChI is InChI=1S/C13H17N3O4/c1-9(2)16-11(17)7-15-12(18)8-20-13(19)10-5-3-4-6-14-10/h3-6,9H,7-8H2,1-2H3,(H,15,18)(H,16,17). The van der Waals surface area contributed by atoms with E-state index < -0.39 is 18.5 Å². The highest BCUT2D eigenvalue weighted by Crippen LogP contribution is 1.96. The van der Waals surface area contributed by atoms with Gasteiger partial charge in [-0.25, -0.2) is 9.78 Å². The van der Waals surface area contributed by atoms with E-state index in [0.717, 1.165) is 0 Å². The molecule has 0 bridgehead atoms. The summed E-state index contributed by atoms with van der Waals surface area (Å²) in [6.45, 7) is 3.02. The van der Waals surface area contributed by atoms with E-state index in [2.05, 4.69) is 15.6 Å². The minimum atomic E-state index is -0.688. The smallest absolute Gasteiger partial charge is 0.357 e. The van der Waals surface area contributed by atoms with Crippen LogP contribution in [0.2, 0.25) is 0 Å². The van der Waals surface area contributed by atoms with Gasteiger partial charge >= 0.3 is 5.97 Å². The Balaban J connectivity index is 2.27. The van der Waals surface area contributed by atoms with Gasteiger partial charge in [0, 0.05) is 12.2 Å². The minimum absolute atomic E-state index is 0.00128. The molecule has 2 amide bonds. The third kappa shape index (κ3) is 5.94. The van der Waals surface area contributed by atoms with Crippen molar-refractivity contribution < 1.29 is 19.1 Å². The summed E-state index contributed by atoms with van der Waals surface area (Å²) in [6, 6.07) is 4.79. The van der Waals surface area contributed by atoms with E-state index in [-0.39, 0.29) is 24.2 Å². The molecule has 0 saturated heterocycles. The molecule has 0 aliphatic heterocycles. The van der Waals surface area contributed by atoms with Gasteiger partial charge in [0.15, 0.2) is 6.61 Å². The number of aromatic nitrogens is 1. The van der Waals surface area contributed by atoms with Crippen LogP contribution in [-0.4, -0.2) is 42.0 Å². The molecule has 1 rings (SSSR count). The van der Waals surface area contributed by atoms with Crippen molar-refractivity contribution in [2.24, 2.45) is 0 Å². The quantitative estimate of drug-likeness (QED) is 0.707. The molecule has 0 saturated carbocycles. The summed E-state index contributed by atoms with van der Waals surface area (Å²) in [5.74, 6) is -1.54. The molecule has 0 radical (unpaired) electrons. The number of nitrogens with one attached hydrogen (secondary N) is 2. The fraction of sp³-hybridized carbons (Fsp3) is 0.385. The van der Waals surface area contributed by atoms with Crippen LogP contribution in [0.3, 0.4) is 0 Å². The normalized spacial score (nSPS) is 9.95. The molecule has 0 aliphatic carbocycles. The Morgan fingerprint density at radius 2 is 2.00 bits per heavy atom. The molecule has 1 aromatic rings. The van der Waals surface area contributed by atoms with Gasteiger partial charge < -0.3 is 15.4 Å². The number of nitrogens with zero attached hydrogens (tertiary/aromatic N) is 1. The fourth-order valence-corrected chi connectivity index (χ4v) is 1.29. The van der Waals surface area contributed by atoms with Gasteiger partial charge in [-0.05, 0) is 26.0 Å². The Morgan fingerprint density at radius 3 is 2.60 bits per heavy atom. The van der Waals surface area contributed by atoms with Crippen molar-refractivity contribution in [3.63, 3.8) is 0 Å². The number of carbonyl (C=O) groups excluding carboxylic acids is 3. The number of carbonyl (C=O) groups is 3. The fourth-order valence-electron chi connectivity index (χ4n) is 1.29. The van der Waals surface area contributed by atoms with Crippen molar-refractivity contribution in [2.75, 3.05) is 13.2 Å². The molecule has 0 fully saturated rings. The van der Waals surface area contributed by atoms with Crippen LogP contribution in [-0.2, 0) is 14.3 Å². The second kappa shape index (κ2) is 7.88. The number of amides is 2. The average Bonchev–Trinajstić information content (AvgIpc) is 2.42. The van der Waals surface area contributed by atoms with Gasteiger partial charge in [-0.3, -0.25) is 9.59 Å². The van der Waals surface area contributed by atoms with Crippen LogP contribution in [0.5, 0.6) is 0 Å². The van der Waals surface area contributed by atoms with Crippen LogP contribution in [0, 0.1) is 0 Å². The Morgan fingerprint density at radius 1 is 1.25 bits per heavy atom. The Hall–Kier alpha value is -2.44. The van der Waals surface area contributed by atoms with Gasteiger partial charge in [-0.15, -0.1) is 0 Å². The van der Waals surface area contributed by atoms with E-state index >= 15 is 0 Å². The lowest BCUT2D eigenvalue weighted by molar-refractivity contribution is -0.128. The highest BCUT2D eigenvalue weighted by atomic mass is 16.5. The van der Waals surface area contributed by atoms with Gasteiger partial charge in [-0.1, -0.05) is 6.07 Å². The molecular weight excluding hydrogens is 262 g/mol. The topological polar surface area (TPSA) is 97.4 Å². The number of ether oxygens (including phenoxy) is 1. The maximum absolute atomic E-state index is 11.5. The zero-order valence-electron chi connectivity index (χ0n) is 11.4. The SMILES string of the molecule is CC(C)NC(=O)CNC(=O)COC(=O)c1ccccn1. The second-order valence-corrected chi connectivity index (χ2v) is 4.29. The monoisotopic (exact) mass is 279 g/mol. The summed E-state index contributed by atoms with van der Waals surface area (Å²) in [7, 11) is 0. The number of esters is 1. The lowest BCUT2D eigenvalue weighted by Crippen LogP contribution is -2.41. The predicted octanol–water partition coefficient (Wildman–Crippen LogP) is -0.121. The molecule has 7 nitrogen and oxygen atoms in total. The number of rotatable bonds is 6. The van der Waals surface area contributed by atoms with Crippen molar-refractivity contribution in [3.05, 3.63) is 30.1 Å². The van der Waals surface area contributed by atoms with Crippen LogP contribution >= 0.6 is 0 Å². The van der Waals surface area contributed by atoms with Crippen LogP contribution in [0.15, 0.2) is 24.4 Å². The summed E-state index contributed by atoms with van der Waals surface area (Å²) in [5, 5.41) is 4.96. The molecule has 1 aromatic heterocycles.